The standard InChI is InChI=1S/C23H35N3O2Si/c1-23(2,3)29(4,5)28-21-13-20(14-22-19(11-12-27)15-24-25-22)26(17-21)16-18-9-7-6-8-10-18/h6-10,12,15,20-21H,11,13-14,16-17H2,1-5H3,(H,24,25). The fourth-order valence-electron chi connectivity index (χ4n) is 3.86. The van der Waals surface area contributed by atoms with Crippen molar-refractivity contribution in [3.8, 4) is 0 Å². The molecule has 1 aliphatic rings. The summed E-state index contributed by atoms with van der Waals surface area (Å²) >= 11 is 0. The van der Waals surface area contributed by atoms with E-state index in [9.17, 15) is 4.79 Å². The fourth-order valence-corrected chi connectivity index (χ4v) is 5.21. The lowest BCUT2D eigenvalue weighted by Crippen LogP contribution is -2.44. The van der Waals surface area contributed by atoms with Gasteiger partial charge in [0.1, 0.15) is 6.29 Å². The molecule has 0 radical (unpaired) electrons. The molecular weight excluding hydrogens is 378 g/mol. The molecule has 6 heteroatoms. The van der Waals surface area contributed by atoms with Crippen LogP contribution in [-0.4, -0.2) is 48.4 Å². The van der Waals surface area contributed by atoms with Gasteiger partial charge in [-0.2, -0.15) is 5.10 Å². The van der Waals surface area contributed by atoms with Gasteiger partial charge in [0.05, 0.1) is 12.3 Å². The van der Waals surface area contributed by atoms with Crippen LogP contribution in [-0.2, 0) is 28.6 Å². The van der Waals surface area contributed by atoms with Crippen LogP contribution in [0.4, 0.5) is 0 Å². The molecule has 1 aromatic heterocycles. The van der Waals surface area contributed by atoms with Crippen molar-refractivity contribution >= 4 is 14.6 Å². The Bertz CT molecular complexity index is 798. The van der Waals surface area contributed by atoms with Crippen LogP contribution in [0, 0.1) is 0 Å². The third kappa shape index (κ3) is 5.44. The lowest BCUT2D eigenvalue weighted by atomic mass is 10.0. The molecule has 29 heavy (non-hydrogen) atoms. The van der Waals surface area contributed by atoms with Crippen LogP contribution in [0.3, 0.4) is 0 Å². The minimum atomic E-state index is -1.82. The first-order chi connectivity index (χ1) is 13.7. The summed E-state index contributed by atoms with van der Waals surface area (Å²) in [5, 5.41) is 7.50. The highest BCUT2D eigenvalue weighted by molar-refractivity contribution is 6.74. The average molecular weight is 414 g/mol. The number of carbonyl (C=O) groups excluding carboxylic acids is 1. The fraction of sp³-hybridized carbons (Fsp3) is 0.565. The van der Waals surface area contributed by atoms with Crippen LogP contribution in [0.1, 0.15) is 44.0 Å². The van der Waals surface area contributed by atoms with E-state index in [2.05, 4.69) is 79.3 Å². The molecule has 0 aliphatic carbocycles. The Hall–Kier alpha value is -1.76. The first-order valence-electron chi connectivity index (χ1n) is 10.6. The summed E-state index contributed by atoms with van der Waals surface area (Å²) in [6.07, 6.45) is 5.28. The zero-order chi connectivity index (χ0) is 21.1. The Balaban J connectivity index is 1.76. The van der Waals surface area contributed by atoms with Crippen molar-refractivity contribution in [3.63, 3.8) is 0 Å². The molecule has 2 heterocycles. The summed E-state index contributed by atoms with van der Waals surface area (Å²) in [5.41, 5.74) is 3.41. The molecular formula is C23H35N3O2Si. The third-order valence-electron chi connectivity index (χ3n) is 6.54. The summed E-state index contributed by atoms with van der Waals surface area (Å²) in [4.78, 5) is 13.5. The zero-order valence-corrected chi connectivity index (χ0v) is 19.4. The van der Waals surface area contributed by atoms with E-state index in [0.717, 1.165) is 43.5 Å². The van der Waals surface area contributed by atoms with Gasteiger partial charge >= 0.3 is 0 Å². The van der Waals surface area contributed by atoms with E-state index >= 15 is 0 Å². The Morgan fingerprint density at radius 2 is 2.00 bits per heavy atom. The highest BCUT2D eigenvalue weighted by atomic mass is 28.4. The van der Waals surface area contributed by atoms with Crippen LogP contribution in [0.25, 0.3) is 0 Å². The molecule has 0 saturated carbocycles. The van der Waals surface area contributed by atoms with Gasteiger partial charge in [0, 0.05) is 43.2 Å². The lowest BCUT2D eigenvalue weighted by molar-refractivity contribution is -0.107. The minimum absolute atomic E-state index is 0.204. The van der Waals surface area contributed by atoms with Crippen LogP contribution in [0.15, 0.2) is 36.5 Å². The second-order valence-electron chi connectivity index (χ2n) is 9.75. The zero-order valence-electron chi connectivity index (χ0n) is 18.4. The molecule has 1 N–H and O–H groups in total. The van der Waals surface area contributed by atoms with Crippen LogP contribution in [0.2, 0.25) is 18.1 Å². The van der Waals surface area contributed by atoms with Crippen molar-refractivity contribution in [1.29, 1.82) is 0 Å². The normalized spacial score (nSPS) is 20.9. The van der Waals surface area contributed by atoms with Crippen LogP contribution in [0.5, 0.6) is 0 Å². The van der Waals surface area contributed by atoms with E-state index in [1.165, 1.54) is 5.56 Å². The molecule has 2 unspecified atom stereocenters. The summed E-state index contributed by atoms with van der Waals surface area (Å²) < 4.78 is 6.77. The molecule has 5 nitrogen and oxygen atoms in total. The second-order valence-corrected chi connectivity index (χ2v) is 14.5. The summed E-state index contributed by atoms with van der Waals surface area (Å²) in [6.45, 7) is 13.4. The van der Waals surface area contributed by atoms with E-state index in [1.54, 1.807) is 6.20 Å². The molecule has 1 aliphatic heterocycles. The summed E-state index contributed by atoms with van der Waals surface area (Å²) in [7, 11) is -1.82. The Morgan fingerprint density at radius 1 is 1.28 bits per heavy atom. The van der Waals surface area contributed by atoms with Gasteiger partial charge in [-0.25, -0.2) is 0 Å². The highest BCUT2D eigenvalue weighted by Gasteiger charge is 2.42. The lowest BCUT2D eigenvalue weighted by Gasteiger charge is -2.38. The quantitative estimate of drug-likeness (QED) is 0.516. The SMILES string of the molecule is CC(C)(C)[Si](C)(C)OC1CC(Cc2[nH]ncc2CC=O)N(Cc2ccccc2)C1. The van der Waals surface area contributed by atoms with Crippen molar-refractivity contribution in [1.82, 2.24) is 15.1 Å². The van der Waals surface area contributed by atoms with Gasteiger partial charge in [-0.05, 0) is 30.1 Å². The first-order valence-corrected chi connectivity index (χ1v) is 13.5. The van der Waals surface area contributed by atoms with Gasteiger partial charge in [-0.15, -0.1) is 0 Å². The van der Waals surface area contributed by atoms with Crippen LogP contribution < -0.4 is 0 Å². The number of nitrogens with zero attached hydrogens (tertiary/aromatic N) is 2. The molecule has 158 valence electrons. The van der Waals surface area contributed by atoms with Gasteiger partial charge in [-0.3, -0.25) is 10.00 Å². The molecule has 0 bridgehead atoms. The van der Waals surface area contributed by atoms with E-state index in [1.807, 2.05) is 0 Å². The maximum atomic E-state index is 11.0. The highest BCUT2D eigenvalue weighted by Crippen LogP contribution is 2.39. The monoisotopic (exact) mass is 413 g/mol. The van der Waals surface area contributed by atoms with Gasteiger partial charge in [0.15, 0.2) is 8.32 Å². The number of aromatic amines is 1. The van der Waals surface area contributed by atoms with Crippen molar-refractivity contribution < 1.29 is 9.22 Å². The number of likely N-dealkylation sites (tertiary alicyclic amines) is 1. The van der Waals surface area contributed by atoms with E-state index in [0.29, 0.717) is 12.5 Å². The molecule has 0 spiro atoms. The second kappa shape index (κ2) is 8.94. The molecule has 3 rings (SSSR count). The minimum Gasteiger partial charge on any atom is -0.413 e. The van der Waals surface area contributed by atoms with Gasteiger partial charge in [0.25, 0.3) is 0 Å². The smallest absolute Gasteiger partial charge is 0.192 e. The van der Waals surface area contributed by atoms with E-state index < -0.39 is 8.32 Å². The molecule has 2 atom stereocenters. The molecule has 1 saturated heterocycles. The third-order valence-corrected chi connectivity index (χ3v) is 11.1. The largest absolute Gasteiger partial charge is 0.413 e. The number of rotatable bonds is 8. The van der Waals surface area contributed by atoms with Crippen molar-refractivity contribution in [3.05, 3.63) is 53.3 Å². The first kappa shape index (κ1) is 21.9. The van der Waals surface area contributed by atoms with Gasteiger partial charge in [0.2, 0.25) is 0 Å². The topological polar surface area (TPSA) is 58.2 Å². The number of aromatic nitrogens is 2. The molecule has 0 amide bonds. The number of benzene rings is 1. The van der Waals surface area contributed by atoms with Crippen molar-refractivity contribution in [2.75, 3.05) is 6.54 Å². The molecule has 1 fully saturated rings. The Kier molecular flexibility index (Phi) is 6.76. The number of H-pyrrole nitrogens is 1. The predicted molar refractivity (Wildman–Crippen MR) is 119 cm³/mol. The van der Waals surface area contributed by atoms with E-state index in [-0.39, 0.29) is 11.1 Å². The van der Waals surface area contributed by atoms with Crippen LogP contribution >= 0.6 is 0 Å². The molecule has 2 aromatic rings. The number of hydrogen-bond acceptors (Lipinski definition) is 4. The number of carbonyl (C=O) groups is 1. The Morgan fingerprint density at radius 3 is 2.66 bits per heavy atom. The number of hydrogen-bond donors (Lipinski definition) is 1. The maximum absolute atomic E-state index is 11.0. The number of aldehydes is 1. The summed E-state index contributed by atoms with van der Waals surface area (Å²) in [6, 6.07) is 11.0. The average Bonchev–Trinajstić information content (AvgIpc) is 3.22. The van der Waals surface area contributed by atoms with Gasteiger partial charge < -0.3 is 9.22 Å². The summed E-state index contributed by atoms with van der Waals surface area (Å²) in [5.74, 6) is 0. The predicted octanol–water partition coefficient (Wildman–Crippen LogP) is 4.36. The van der Waals surface area contributed by atoms with Crippen molar-refractivity contribution in [2.45, 2.75) is 76.9 Å². The van der Waals surface area contributed by atoms with E-state index in [4.69, 9.17) is 4.43 Å². The molecule has 1 aromatic carbocycles. The number of nitrogens with one attached hydrogen (secondary N) is 1. The Labute approximate surface area is 176 Å². The maximum Gasteiger partial charge on any atom is 0.192 e. The van der Waals surface area contributed by atoms with Crippen molar-refractivity contribution in [2.24, 2.45) is 0 Å². The van der Waals surface area contributed by atoms with Gasteiger partial charge in [-0.1, -0.05) is 51.1 Å².